The molecular formula is C37H46N9O3+. The molecule has 8 rings (SSSR count). The number of hydrogen-bond donors (Lipinski definition) is 5. The van der Waals surface area contributed by atoms with Crippen LogP contribution in [0.5, 0.6) is 11.5 Å². The standard InChI is InChI=1S/C9H7NO.C8H6N2O.C8H11N.C5H8N2.C4H9NO.C3H4N2/c11-8-5-7-3-1-2-4-9(7)10-6-8;11-8-3-1-2-7-6(8)4-9-5-10-7;1-6-4-7(2)9-8(3)5-6;1-4-3-6-5(2)7-4;1-3-6-4-2-5-1;1-2-5-3-4-1/h1-6,11H;1-5,11H;4-5H,1-3H3;3H,1-2H3,(H,6,7);5H,1-4H2;1-3H,(H,4,5)/p+1. The van der Waals surface area contributed by atoms with Crippen molar-refractivity contribution in [3.8, 4) is 11.5 Å². The summed E-state index contributed by atoms with van der Waals surface area (Å²) in [6.45, 7) is 14.2. The van der Waals surface area contributed by atoms with Crippen LogP contribution >= 0.6 is 0 Å². The van der Waals surface area contributed by atoms with Crippen molar-refractivity contribution in [2.75, 3.05) is 26.3 Å². The maximum absolute atomic E-state index is 9.29. The first-order valence-electron chi connectivity index (χ1n) is 15.8. The van der Waals surface area contributed by atoms with Gasteiger partial charge < -0.3 is 30.2 Å². The highest BCUT2D eigenvalue weighted by molar-refractivity contribution is 5.83. The quantitative estimate of drug-likeness (QED) is 0.144. The molecule has 12 heteroatoms. The number of morpholine rings is 1. The zero-order valence-corrected chi connectivity index (χ0v) is 28.7. The molecule has 6 heterocycles. The number of nitrogens with zero attached hydrogens (tertiary/aromatic N) is 6. The van der Waals surface area contributed by atoms with Crippen LogP contribution in [0.4, 0.5) is 0 Å². The number of phenols is 1. The first kappa shape index (κ1) is 37.7. The predicted octanol–water partition coefficient (Wildman–Crippen LogP) is 5.30. The highest BCUT2D eigenvalue weighted by atomic mass is 16.5. The molecule has 0 spiro atoms. The Morgan fingerprint density at radius 2 is 1.49 bits per heavy atom. The fourth-order valence-corrected chi connectivity index (χ4v) is 4.43. The molecule has 1 aliphatic heterocycles. The molecule has 12 nitrogen and oxygen atoms in total. The third-order valence-electron chi connectivity index (χ3n) is 6.50. The number of quaternary nitrogens is 1. The van der Waals surface area contributed by atoms with E-state index in [4.69, 9.17) is 9.84 Å². The summed E-state index contributed by atoms with van der Waals surface area (Å²) in [5.74, 6) is 1.42. The van der Waals surface area contributed by atoms with Crippen molar-refractivity contribution in [1.82, 2.24) is 39.9 Å². The molecule has 2 aromatic carbocycles. The van der Waals surface area contributed by atoms with Gasteiger partial charge in [-0.05, 0) is 76.6 Å². The summed E-state index contributed by atoms with van der Waals surface area (Å²) in [5, 5.41) is 22.3. The molecule has 0 unspecified atom stereocenters. The van der Waals surface area contributed by atoms with Crippen molar-refractivity contribution >= 4 is 21.8 Å². The van der Waals surface area contributed by atoms with Gasteiger partial charge in [0.15, 0.2) is 0 Å². The molecule has 5 aromatic heterocycles. The van der Waals surface area contributed by atoms with Crippen LogP contribution in [0.1, 0.15) is 28.5 Å². The van der Waals surface area contributed by atoms with Gasteiger partial charge in [0.2, 0.25) is 0 Å². The number of H-pyrrole nitrogens is 2. The van der Waals surface area contributed by atoms with E-state index in [-0.39, 0.29) is 11.5 Å². The molecule has 256 valence electrons. The molecule has 6 N–H and O–H groups in total. The molecule has 1 fully saturated rings. The number of phenolic OH excluding ortho intramolecular Hbond substituents is 1. The lowest BCUT2D eigenvalue weighted by molar-refractivity contribution is -0.670. The van der Waals surface area contributed by atoms with Crippen LogP contribution in [0.25, 0.3) is 21.8 Å². The second-order valence-electron chi connectivity index (χ2n) is 10.9. The van der Waals surface area contributed by atoms with Gasteiger partial charge in [-0.3, -0.25) is 9.97 Å². The number of hydrogen-bond acceptors (Lipinski definition) is 9. The Labute approximate surface area is 286 Å². The normalized spacial score (nSPS) is 11.4. The van der Waals surface area contributed by atoms with Gasteiger partial charge in [0.1, 0.15) is 23.7 Å². The fourth-order valence-electron chi connectivity index (χ4n) is 4.43. The van der Waals surface area contributed by atoms with Gasteiger partial charge in [-0.1, -0.05) is 24.3 Å². The third-order valence-corrected chi connectivity index (χ3v) is 6.50. The Kier molecular flexibility index (Phi) is 16.3. The topological polar surface area (TPSA) is 175 Å². The zero-order chi connectivity index (χ0) is 35.3. The molecule has 1 saturated heterocycles. The third kappa shape index (κ3) is 15.2. The average molecular weight is 665 g/mol. The number of para-hydroxylation sites is 1. The lowest BCUT2D eigenvalue weighted by Crippen LogP contribution is -2.87. The Morgan fingerprint density at radius 3 is 2.00 bits per heavy atom. The maximum Gasteiger partial charge on any atom is 0.134 e. The van der Waals surface area contributed by atoms with Crippen molar-refractivity contribution in [2.45, 2.75) is 34.6 Å². The number of aryl methyl sites for hydroxylation is 5. The fraction of sp³-hybridized carbons (Fsp3) is 0.243. The van der Waals surface area contributed by atoms with Gasteiger partial charge in [0.25, 0.3) is 0 Å². The van der Waals surface area contributed by atoms with Crippen LogP contribution in [0.15, 0.2) is 104 Å². The molecule has 0 aliphatic carbocycles. The van der Waals surface area contributed by atoms with Crippen LogP contribution in [0, 0.1) is 34.6 Å². The van der Waals surface area contributed by atoms with Crippen LogP contribution in [0.2, 0.25) is 0 Å². The molecule has 7 aromatic rings. The molecule has 0 radical (unpaired) electrons. The number of aromatic amines is 2. The van der Waals surface area contributed by atoms with Crippen molar-refractivity contribution in [3.05, 3.63) is 133 Å². The summed E-state index contributed by atoms with van der Waals surface area (Å²) >= 11 is 0. The van der Waals surface area contributed by atoms with E-state index in [0.29, 0.717) is 5.39 Å². The highest BCUT2D eigenvalue weighted by Gasteiger charge is 1.98. The molecule has 0 saturated carbocycles. The number of benzene rings is 2. The van der Waals surface area contributed by atoms with Gasteiger partial charge in [-0.15, -0.1) is 0 Å². The summed E-state index contributed by atoms with van der Waals surface area (Å²) in [4.78, 5) is 29.4. The molecule has 0 amide bonds. The summed E-state index contributed by atoms with van der Waals surface area (Å²) in [7, 11) is 0. The van der Waals surface area contributed by atoms with E-state index in [0.717, 1.165) is 65.6 Å². The molecule has 0 atom stereocenters. The van der Waals surface area contributed by atoms with Crippen LogP contribution in [-0.2, 0) is 4.74 Å². The molecular weight excluding hydrogens is 618 g/mol. The number of nitrogens with one attached hydrogen (secondary N) is 2. The summed E-state index contributed by atoms with van der Waals surface area (Å²) in [6, 6.07) is 18.7. The van der Waals surface area contributed by atoms with E-state index < -0.39 is 0 Å². The largest absolute Gasteiger partial charge is 0.507 e. The average Bonchev–Trinajstić information content (AvgIpc) is 3.81. The molecule has 0 bridgehead atoms. The predicted molar refractivity (Wildman–Crippen MR) is 192 cm³/mol. The maximum atomic E-state index is 9.29. The first-order chi connectivity index (χ1) is 23.7. The second kappa shape index (κ2) is 21.2. The van der Waals surface area contributed by atoms with Crippen molar-refractivity contribution in [3.63, 3.8) is 0 Å². The Balaban J connectivity index is 0.000000163. The molecule has 1 aliphatic rings. The van der Waals surface area contributed by atoms with Crippen molar-refractivity contribution in [2.24, 2.45) is 0 Å². The zero-order valence-electron chi connectivity index (χ0n) is 28.7. The Hall–Kier alpha value is -5.72. The van der Waals surface area contributed by atoms with Gasteiger partial charge in [0.05, 0.1) is 55.2 Å². The van der Waals surface area contributed by atoms with Crippen molar-refractivity contribution in [1.29, 1.82) is 0 Å². The number of aromatic hydroxyl groups is 2. The van der Waals surface area contributed by atoms with E-state index in [2.05, 4.69) is 64.2 Å². The van der Waals surface area contributed by atoms with Crippen LogP contribution < -0.4 is 5.32 Å². The Morgan fingerprint density at radius 1 is 0.755 bits per heavy atom. The number of ether oxygens (including phenoxy) is 1. The number of nitrogens with two attached hydrogens (primary N) is 1. The van der Waals surface area contributed by atoms with Gasteiger partial charge >= 0.3 is 0 Å². The van der Waals surface area contributed by atoms with Gasteiger partial charge in [0, 0.05) is 47.3 Å². The smallest absolute Gasteiger partial charge is 0.134 e. The SMILES string of the molecule is C1COCC[NH2+]1.Cc1cc(C)nc(C)c1.Cc1cnc(C)[nH]1.Oc1cccc2ncncc12.Oc1cnc2ccccc2c1.c1c[nH]cn1. The van der Waals surface area contributed by atoms with Gasteiger partial charge in [-0.25, -0.2) is 19.9 Å². The lowest BCUT2D eigenvalue weighted by Gasteiger charge is -2.07. The minimum Gasteiger partial charge on any atom is -0.507 e. The van der Waals surface area contributed by atoms with E-state index >= 15 is 0 Å². The lowest BCUT2D eigenvalue weighted by atomic mass is 10.2. The number of rotatable bonds is 0. The Bertz CT molecular complexity index is 1820. The minimum absolute atomic E-state index is 0.212. The summed E-state index contributed by atoms with van der Waals surface area (Å²) in [5.41, 5.74) is 6.29. The first-order valence-corrected chi connectivity index (χ1v) is 15.8. The summed E-state index contributed by atoms with van der Waals surface area (Å²) in [6.07, 6.45) is 11.4. The van der Waals surface area contributed by atoms with Gasteiger partial charge in [-0.2, -0.15) is 0 Å². The van der Waals surface area contributed by atoms with E-state index in [1.807, 2.05) is 64.2 Å². The van der Waals surface area contributed by atoms with Crippen LogP contribution in [0.3, 0.4) is 0 Å². The van der Waals surface area contributed by atoms with Crippen molar-refractivity contribution < 1.29 is 20.3 Å². The number of imidazole rings is 2. The molecule has 49 heavy (non-hydrogen) atoms. The van der Waals surface area contributed by atoms with Crippen LogP contribution in [-0.4, -0.2) is 76.4 Å². The number of pyridine rings is 2. The van der Waals surface area contributed by atoms with E-state index in [1.54, 1.807) is 43.1 Å². The monoisotopic (exact) mass is 664 g/mol. The number of fused-ring (bicyclic) bond motifs is 2. The van der Waals surface area contributed by atoms with E-state index in [1.165, 1.54) is 18.1 Å². The second-order valence-corrected chi connectivity index (χ2v) is 10.9. The summed E-state index contributed by atoms with van der Waals surface area (Å²) < 4.78 is 5.04. The van der Waals surface area contributed by atoms with E-state index in [9.17, 15) is 5.11 Å². The number of aromatic nitrogens is 8. The minimum atomic E-state index is 0.212. The highest BCUT2D eigenvalue weighted by Crippen LogP contribution is 2.20.